The third-order valence-electron chi connectivity index (χ3n) is 3.23. The topological polar surface area (TPSA) is 17.1 Å². The standard InChI is InChI=1S/C18H19BrO/c1-12(2)10-14-5-7-15(8-6-14)18(20)16-11-13(3)4-9-17(16)19/h4-9,11-12H,10H2,1-3H3. The Morgan fingerprint density at radius 3 is 2.35 bits per heavy atom. The van der Waals surface area contributed by atoms with Crippen molar-refractivity contribution in [3.8, 4) is 0 Å². The lowest BCUT2D eigenvalue weighted by atomic mass is 9.98. The first kappa shape index (κ1) is 15.0. The van der Waals surface area contributed by atoms with Crippen LogP contribution in [0.15, 0.2) is 46.9 Å². The minimum atomic E-state index is 0.0664. The first-order valence-electron chi connectivity index (χ1n) is 6.87. The molecule has 0 heterocycles. The van der Waals surface area contributed by atoms with Crippen LogP contribution in [0.2, 0.25) is 0 Å². The predicted octanol–water partition coefficient (Wildman–Crippen LogP) is 5.19. The molecule has 0 radical (unpaired) electrons. The van der Waals surface area contributed by atoms with Gasteiger partial charge >= 0.3 is 0 Å². The van der Waals surface area contributed by atoms with Crippen molar-refractivity contribution in [3.05, 3.63) is 69.2 Å². The van der Waals surface area contributed by atoms with E-state index in [4.69, 9.17) is 0 Å². The molecule has 20 heavy (non-hydrogen) atoms. The quantitative estimate of drug-likeness (QED) is 0.705. The number of hydrogen-bond acceptors (Lipinski definition) is 1. The van der Waals surface area contributed by atoms with Crippen molar-refractivity contribution >= 4 is 21.7 Å². The summed E-state index contributed by atoms with van der Waals surface area (Å²) >= 11 is 3.45. The molecular formula is C18H19BrO. The Labute approximate surface area is 129 Å². The second-order valence-electron chi connectivity index (χ2n) is 5.61. The van der Waals surface area contributed by atoms with Crippen LogP contribution in [0.3, 0.4) is 0 Å². The van der Waals surface area contributed by atoms with Crippen LogP contribution < -0.4 is 0 Å². The third kappa shape index (κ3) is 3.57. The fourth-order valence-corrected chi connectivity index (χ4v) is 2.66. The van der Waals surface area contributed by atoms with Crippen molar-refractivity contribution in [1.82, 2.24) is 0 Å². The second kappa shape index (κ2) is 6.36. The van der Waals surface area contributed by atoms with Crippen LogP contribution in [0.25, 0.3) is 0 Å². The molecule has 0 fully saturated rings. The maximum atomic E-state index is 12.5. The number of halogens is 1. The second-order valence-corrected chi connectivity index (χ2v) is 6.46. The zero-order valence-corrected chi connectivity index (χ0v) is 13.7. The molecule has 2 heteroatoms. The Morgan fingerprint density at radius 2 is 1.75 bits per heavy atom. The molecule has 0 spiro atoms. The van der Waals surface area contributed by atoms with Gasteiger partial charge in [-0.1, -0.05) is 65.7 Å². The number of benzene rings is 2. The fraction of sp³-hybridized carbons (Fsp3) is 0.278. The van der Waals surface area contributed by atoms with Crippen LogP contribution in [-0.4, -0.2) is 5.78 Å². The summed E-state index contributed by atoms with van der Waals surface area (Å²) < 4.78 is 0.847. The fourth-order valence-electron chi connectivity index (χ4n) is 2.23. The highest BCUT2D eigenvalue weighted by Crippen LogP contribution is 2.22. The van der Waals surface area contributed by atoms with Crippen molar-refractivity contribution in [2.24, 2.45) is 5.92 Å². The summed E-state index contributed by atoms with van der Waals surface area (Å²) in [6.07, 6.45) is 1.04. The molecule has 0 amide bonds. The average Bonchev–Trinajstić information content (AvgIpc) is 2.41. The molecule has 0 bridgehead atoms. The van der Waals surface area contributed by atoms with E-state index in [9.17, 15) is 4.79 Å². The summed E-state index contributed by atoms with van der Waals surface area (Å²) in [5, 5.41) is 0. The van der Waals surface area contributed by atoms with Gasteiger partial charge in [-0.15, -0.1) is 0 Å². The number of carbonyl (C=O) groups is 1. The van der Waals surface area contributed by atoms with Gasteiger partial charge in [-0.05, 0) is 37.0 Å². The minimum Gasteiger partial charge on any atom is -0.289 e. The van der Waals surface area contributed by atoms with E-state index in [0.717, 1.165) is 27.6 Å². The monoisotopic (exact) mass is 330 g/mol. The van der Waals surface area contributed by atoms with Gasteiger partial charge in [0, 0.05) is 15.6 Å². The van der Waals surface area contributed by atoms with Crippen LogP contribution in [0.1, 0.15) is 40.9 Å². The van der Waals surface area contributed by atoms with Crippen molar-refractivity contribution < 1.29 is 4.79 Å². The SMILES string of the molecule is Cc1ccc(Br)c(C(=O)c2ccc(CC(C)C)cc2)c1. The maximum Gasteiger partial charge on any atom is 0.194 e. The van der Waals surface area contributed by atoms with Crippen LogP contribution in [0.4, 0.5) is 0 Å². The molecule has 0 unspecified atom stereocenters. The van der Waals surface area contributed by atoms with Crippen molar-refractivity contribution in [2.45, 2.75) is 27.2 Å². The summed E-state index contributed by atoms with van der Waals surface area (Å²) in [5.74, 6) is 0.694. The summed E-state index contributed by atoms with van der Waals surface area (Å²) in [6, 6.07) is 13.8. The summed E-state index contributed by atoms with van der Waals surface area (Å²) in [7, 11) is 0. The number of carbonyl (C=O) groups excluding carboxylic acids is 1. The van der Waals surface area contributed by atoms with Crippen LogP contribution in [0, 0.1) is 12.8 Å². The molecule has 2 rings (SSSR count). The lowest BCUT2D eigenvalue weighted by molar-refractivity contribution is 0.103. The summed E-state index contributed by atoms with van der Waals surface area (Å²) in [5.41, 5.74) is 3.83. The average molecular weight is 331 g/mol. The molecular weight excluding hydrogens is 312 g/mol. The largest absolute Gasteiger partial charge is 0.289 e. The van der Waals surface area contributed by atoms with Gasteiger partial charge in [0.1, 0.15) is 0 Å². The highest BCUT2D eigenvalue weighted by Gasteiger charge is 2.12. The van der Waals surface area contributed by atoms with Crippen LogP contribution >= 0.6 is 15.9 Å². The predicted molar refractivity (Wildman–Crippen MR) is 87.3 cm³/mol. The van der Waals surface area contributed by atoms with Gasteiger partial charge in [0.15, 0.2) is 5.78 Å². The Balaban J connectivity index is 2.27. The van der Waals surface area contributed by atoms with E-state index in [0.29, 0.717) is 5.92 Å². The maximum absolute atomic E-state index is 12.5. The van der Waals surface area contributed by atoms with Gasteiger partial charge in [-0.25, -0.2) is 0 Å². The van der Waals surface area contributed by atoms with E-state index in [2.05, 4.69) is 41.9 Å². The van der Waals surface area contributed by atoms with E-state index in [1.54, 1.807) is 0 Å². The lowest BCUT2D eigenvalue weighted by Crippen LogP contribution is -2.03. The number of aryl methyl sites for hydroxylation is 1. The molecule has 1 nitrogen and oxygen atoms in total. The normalized spacial score (nSPS) is 10.8. The number of ketones is 1. The van der Waals surface area contributed by atoms with E-state index < -0.39 is 0 Å². The molecule has 0 N–H and O–H groups in total. The first-order chi connectivity index (χ1) is 9.47. The summed E-state index contributed by atoms with van der Waals surface area (Å²) in [4.78, 5) is 12.5. The van der Waals surface area contributed by atoms with Crippen LogP contribution in [0.5, 0.6) is 0 Å². The smallest absolute Gasteiger partial charge is 0.194 e. The number of rotatable bonds is 4. The van der Waals surface area contributed by atoms with Crippen LogP contribution in [-0.2, 0) is 6.42 Å². The van der Waals surface area contributed by atoms with E-state index in [1.807, 2.05) is 37.3 Å². The van der Waals surface area contributed by atoms with E-state index >= 15 is 0 Å². The molecule has 0 aliphatic heterocycles. The van der Waals surface area contributed by atoms with Crippen molar-refractivity contribution in [3.63, 3.8) is 0 Å². The highest BCUT2D eigenvalue weighted by molar-refractivity contribution is 9.10. The van der Waals surface area contributed by atoms with Gasteiger partial charge in [0.2, 0.25) is 0 Å². The van der Waals surface area contributed by atoms with Gasteiger partial charge in [-0.2, -0.15) is 0 Å². The third-order valence-corrected chi connectivity index (χ3v) is 3.92. The van der Waals surface area contributed by atoms with E-state index in [-0.39, 0.29) is 5.78 Å². The lowest BCUT2D eigenvalue weighted by Gasteiger charge is -2.08. The summed E-state index contributed by atoms with van der Waals surface area (Å²) in [6.45, 7) is 6.39. The molecule has 2 aromatic carbocycles. The zero-order chi connectivity index (χ0) is 14.7. The molecule has 0 aliphatic rings. The Hall–Kier alpha value is -1.41. The highest BCUT2D eigenvalue weighted by atomic mass is 79.9. The first-order valence-corrected chi connectivity index (χ1v) is 7.66. The minimum absolute atomic E-state index is 0.0664. The van der Waals surface area contributed by atoms with Gasteiger partial charge in [0.05, 0.1) is 0 Å². The van der Waals surface area contributed by atoms with Crippen molar-refractivity contribution in [1.29, 1.82) is 0 Å². The Bertz CT molecular complexity index is 612. The zero-order valence-electron chi connectivity index (χ0n) is 12.1. The Morgan fingerprint density at radius 1 is 1.10 bits per heavy atom. The molecule has 0 atom stereocenters. The number of hydrogen-bond donors (Lipinski definition) is 0. The van der Waals surface area contributed by atoms with Gasteiger partial charge in [-0.3, -0.25) is 4.79 Å². The molecule has 0 saturated heterocycles. The Kier molecular flexibility index (Phi) is 4.77. The molecule has 0 aromatic heterocycles. The molecule has 0 aliphatic carbocycles. The van der Waals surface area contributed by atoms with Gasteiger partial charge < -0.3 is 0 Å². The van der Waals surface area contributed by atoms with E-state index in [1.165, 1.54) is 5.56 Å². The molecule has 0 saturated carbocycles. The van der Waals surface area contributed by atoms with Gasteiger partial charge in [0.25, 0.3) is 0 Å². The molecule has 2 aromatic rings. The molecule has 104 valence electrons. The van der Waals surface area contributed by atoms with Crippen molar-refractivity contribution in [2.75, 3.05) is 0 Å².